The Bertz CT molecular complexity index is 1480. The van der Waals surface area contributed by atoms with E-state index in [1.165, 1.54) is 24.3 Å². The molecule has 2 amide bonds. The number of unbranched alkanes of at least 4 members (excludes halogenated alkanes) is 1. The van der Waals surface area contributed by atoms with Crippen molar-refractivity contribution >= 4 is 28.9 Å². The fraction of sp³-hybridized carbons (Fsp3) is 0.429. The third-order valence-electron chi connectivity index (χ3n) is 8.85. The molecule has 9 nitrogen and oxygen atoms in total. The molecule has 2 saturated carbocycles. The van der Waals surface area contributed by atoms with Crippen LogP contribution in [-0.2, 0) is 11.3 Å². The number of non-ortho nitro benzene ring substituents is 1. The Labute approximate surface area is 259 Å². The molecule has 0 aliphatic heterocycles. The Morgan fingerprint density at radius 1 is 0.955 bits per heavy atom. The predicted molar refractivity (Wildman–Crippen MR) is 175 cm³/mol. The molecule has 44 heavy (non-hydrogen) atoms. The molecule has 5 rings (SSSR count). The minimum atomic E-state index is -0.480. The van der Waals surface area contributed by atoms with Crippen molar-refractivity contribution in [1.82, 2.24) is 4.90 Å². The fourth-order valence-corrected chi connectivity index (χ4v) is 6.00. The van der Waals surface area contributed by atoms with Crippen LogP contribution in [0.3, 0.4) is 0 Å². The highest BCUT2D eigenvalue weighted by Crippen LogP contribution is 2.36. The highest BCUT2D eigenvalue weighted by molar-refractivity contribution is 6.06. The van der Waals surface area contributed by atoms with Crippen LogP contribution < -0.4 is 16.0 Å². The zero-order valence-electron chi connectivity index (χ0n) is 25.7. The molecular formula is C35H43N5O4. The Kier molecular flexibility index (Phi) is 9.95. The van der Waals surface area contributed by atoms with Crippen molar-refractivity contribution in [1.29, 1.82) is 0 Å². The minimum absolute atomic E-state index is 0.0622. The summed E-state index contributed by atoms with van der Waals surface area (Å²) in [6.07, 6.45) is 7.82. The maximum absolute atomic E-state index is 13.4. The molecule has 0 unspecified atom stereocenters. The average molecular weight is 598 g/mol. The van der Waals surface area contributed by atoms with Crippen LogP contribution in [0.1, 0.15) is 74.2 Å². The normalized spacial score (nSPS) is 18.0. The van der Waals surface area contributed by atoms with E-state index < -0.39 is 4.92 Å². The van der Waals surface area contributed by atoms with E-state index in [0.717, 1.165) is 80.3 Å². The number of nitro groups is 1. The van der Waals surface area contributed by atoms with E-state index in [1.54, 1.807) is 0 Å². The summed E-state index contributed by atoms with van der Waals surface area (Å²) in [7, 11) is 2.01. The van der Waals surface area contributed by atoms with Gasteiger partial charge in [0.2, 0.25) is 5.91 Å². The van der Waals surface area contributed by atoms with Gasteiger partial charge >= 0.3 is 0 Å². The number of nitrogens with one attached hydrogen (secondary N) is 1. The van der Waals surface area contributed by atoms with E-state index in [-0.39, 0.29) is 35.5 Å². The predicted octanol–water partition coefficient (Wildman–Crippen LogP) is 6.76. The molecule has 0 saturated heterocycles. The molecule has 0 radical (unpaired) electrons. The van der Waals surface area contributed by atoms with E-state index >= 15 is 0 Å². The van der Waals surface area contributed by atoms with E-state index in [0.29, 0.717) is 17.8 Å². The number of hydrogen-bond donors (Lipinski definition) is 2. The first-order valence-electron chi connectivity index (χ1n) is 15.8. The fourth-order valence-electron chi connectivity index (χ4n) is 6.00. The summed E-state index contributed by atoms with van der Waals surface area (Å²) in [4.78, 5) is 41.4. The maximum atomic E-state index is 13.4. The van der Waals surface area contributed by atoms with Crippen LogP contribution in [0.4, 0.5) is 17.1 Å². The minimum Gasteiger partial charge on any atom is -0.373 e. The second-order valence-corrected chi connectivity index (χ2v) is 12.3. The first-order chi connectivity index (χ1) is 21.2. The van der Waals surface area contributed by atoms with E-state index in [1.807, 2.05) is 31.3 Å². The van der Waals surface area contributed by atoms with Crippen molar-refractivity contribution in [3.63, 3.8) is 0 Å². The van der Waals surface area contributed by atoms with Gasteiger partial charge in [-0.2, -0.15) is 0 Å². The molecule has 2 fully saturated rings. The molecule has 3 aromatic carbocycles. The van der Waals surface area contributed by atoms with Crippen molar-refractivity contribution in [2.45, 2.75) is 76.9 Å². The molecule has 0 heterocycles. The summed E-state index contributed by atoms with van der Waals surface area (Å²) >= 11 is 0. The third-order valence-corrected chi connectivity index (χ3v) is 8.85. The van der Waals surface area contributed by atoms with Gasteiger partial charge in [0.15, 0.2) is 0 Å². The number of rotatable bonds is 12. The lowest BCUT2D eigenvalue weighted by atomic mass is 9.90. The van der Waals surface area contributed by atoms with Crippen LogP contribution in [0.15, 0.2) is 66.7 Å². The lowest BCUT2D eigenvalue weighted by Crippen LogP contribution is -2.44. The van der Waals surface area contributed by atoms with Gasteiger partial charge in [-0.3, -0.25) is 19.7 Å². The Balaban J connectivity index is 1.41. The van der Waals surface area contributed by atoms with Crippen molar-refractivity contribution in [3.8, 4) is 11.1 Å². The SMILES string of the molecule is CCCCN(C)c1ccc(-c2cccc(CN(C(=O)C3CC3)C3CCC(N)CC3)c2)cc1NC(=O)c1ccc([N+](=O)[O-])cc1. The Morgan fingerprint density at radius 3 is 2.32 bits per heavy atom. The number of nitrogens with two attached hydrogens (primary N) is 1. The van der Waals surface area contributed by atoms with Crippen molar-refractivity contribution in [2.24, 2.45) is 11.7 Å². The summed E-state index contributed by atoms with van der Waals surface area (Å²) in [5.74, 6) is 0.0944. The van der Waals surface area contributed by atoms with Crippen molar-refractivity contribution < 1.29 is 14.5 Å². The lowest BCUT2D eigenvalue weighted by Gasteiger charge is -2.36. The summed E-state index contributed by atoms with van der Waals surface area (Å²) in [5.41, 5.74) is 11.0. The number of hydrogen-bond acceptors (Lipinski definition) is 6. The Morgan fingerprint density at radius 2 is 1.66 bits per heavy atom. The molecule has 2 aliphatic carbocycles. The van der Waals surface area contributed by atoms with Gasteiger partial charge in [0, 0.05) is 55.8 Å². The van der Waals surface area contributed by atoms with Crippen LogP contribution in [-0.4, -0.2) is 47.3 Å². The summed E-state index contributed by atoms with van der Waals surface area (Å²) in [6, 6.07) is 20.4. The third kappa shape index (κ3) is 7.63. The zero-order chi connectivity index (χ0) is 31.2. The molecule has 2 aliphatic rings. The molecule has 0 spiro atoms. The number of amides is 2. The monoisotopic (exact) mass is 597 g/mol. The standard InChI is InChI=1S/C35H43N5O4/c1-3-4-20-38(2)33-19-12-28(22-32(33)37-34(41)25-10-15-31(16-11-25)40(43)44)27-7-5-6-24(21-27)23-39(35(42)26-8-9-26)30-17-13-29(36)14-18-30/h5-7,10-12,15-16,19,21-22,26,29-30H,3-4,8-9,13-14,17-18,20,23,36H2,1-2H3,(H,37,41). The number of carbonyl (C=O) groups excluding carboxylic acids is 2. The summed E-state index contributed by atoms with van der Waals surface area (Å²) in [6.45, 7) is 3.55. The second kappa shape index (κ2) is 14.0. The van der Waals surface area contributed by atoms with Crippen LogP contribution in [0, 0.1) is 16.0 Å². The number of carbonyl (C=O) groups is 2. The molecule has 3 N–H and O–H groups in total. The van der Waals surface area contributed by atoms with Gasteiger partial charge in [0.1, 0.15) is 0 Å². The van der Waals surface area contributed by atoms with Gasteiger partial charge in [0.25, 0.3) is 11.6 Å². The van der Waals surface area contributed by atoms with E-state index in [2.05, 4.69) is 40.2 Å². The van der Waals surface area contributed by atoms with Crippen molar-refractivity contribution in [2.75, 3.05) is 23.8 Å². The molecule has 3 aromatic rings. The van der Waals surface area contributed by atoms with Gasteiger partial charge in [-0.15, -0.1) is 0 Å². The topological polar surface area (TPSA) is 122 Å². The quantitative estimate of drug-likeness (QED) is 0.176. The first kappa shape index (κ1) is 31.2. The summed E-state index contributed by atoms with van der Waals surface area (Å²) in [5, 5.41) is 14.1. The largest absolute Gasteiger partial charge is 0.373 e. The zero-order valence-corrected chi connectivity index (χ0v) is 25.7. The highest BCUT2D eigenvalue weighted by atomic mass is 16.6. The first-order valence-corrected chi connectivity index (χ1v) is 15.8. The van der Waals surface area contributed by atoms with E-state index in [9.17, 15) is 19.7 Å². The second-order valence-electron chi connectivity index (χ2n) is 12.3. The average Bonchev–Trinajstić information content (AvgIpc) is 3.89. The van der Waals surface area contributed by atoms with Gasteiger partial charge in [-0.25, -0.2) is 0 Å². The highest BCUT2D eigenvalue weighted by Gasteiger charge is 2.37. The molecule has 0 atom stereocenters. The van der Waals surface area contributed by atoms with Crippen LogP contribution in [0.25, 0.3) is 11.1 Å². The van der Waals surface area contributed by atoms with Gasteiger partial charge in [-0.05, 0) is 92.0 Å². The maximum Gasteiger partial charge on any atom is 0.269 e. The molecule has 232 valence electrons. The van der Waals surface area contributed by atoms with Crippen LogP contribution >= 0.6 is 0 Å². The van der Waals surface area contributed by atoms with Gasteiger partial charge < -0.3 is 20.9 Å². The number of nitrogens with zero attached hydrogens (tertiary/aromatic N) is 3. The molecule has 0 bridgehead atoms. The van der Waals surface area contributed by atoms with E-state index in [4.69, 9.17) is 5.73 Å². The number of benzene rings is 3. The van der Waals surface area contributed by atoms with Crippen molar-refractivity contribution in [3.05, 3.63) is 88.0 Å². The summed E-state index contributed by atoms with van der Waals surface area (Å²) < 4.78 is 0. The van der Waals surface area contributed by atoms with Gasteiger partial charge in [0.05, 0.1) is 16.3 Å². The number of nitro benzene ring substituents is 1. The molecular weight excluding hydrogens is 554 g/mol. The van der Waals surface area contributed by atoms with Crippen LogP contribution in [0.2, 0.25) is 0 Å². The Hall–Kier alpha value is -4.24. The smallest absolute Gasteiger partial charge is 0.269 e. The van der Waals surface area contributed by atoms with Crippen LogP contribution in [0.5, 0.6) is 0 Å². The molecule has 9 heteroatoms. The lowest BCUT2D eigenvalue weighted by molar-refractivity contribution is -0.384. The molecule has 0 aromatic heterocycles. The number of anilines is 2. The van der Waals surface area contributed by atoms with Gasteiger partial charge in [-0.1, -0.05) is 37.6 Å².